The van der Waals surface area contributed by atoms with Crippen molar-refractivity contribution in [3.05, 3.63) is 34.3 Å². The van der Waals surface area contributed by atoms with Crippen LogP contribution in [0.15, 0.2) is 18.2 Å². The minimum Gasteiger partial charge on any atom is -0.458 e. The molecule has 1 saturated heterocycles. The molecule has 0 spiro atoms. The predicted octanol–water partition coefficient (Wildman–Crippen LogP) is 1.99. The van der Waals surface area contributed by atoms with E-state index in [9.17, 15) is 13.2 Å². The van der Waals surface area contributed by atoms with Crippen molar-refractivity contribution in [1.82, 2.24) is 0 Å². The van der Waals surface area contributed by atoms with Gasteiger partial charge >= 0.3 is 5.97 Å². The normalized spacial score (nSPS) is 21.8. The van der Waals surface area contributed by atoms with Gasteiger partial charge in [-0.15, -0.1) is 0 Å². The van der Waals surface area contributed by atoms with Crippen LogP contribution in [0.4, 0.5) is 0 Å². The van der Waals surface area contributed by atoms with Crippen LogP contribution in [0.25, 0.3) is 0 Å². The molecule has 1 aliphatic heterocycles. The van der Waals surface area contributed by atoms with E-state index in [0.29, 0.717) is 17.0 Å². The number of hydrogen-bond acceptors (Lipinski definition) is 4. The van der Waals surface area contributed by atoms with Crippen LogP contribution in [-0.4, -0.2) is 32.0 Å². The number of aryl methyl sites for hydroxylation is 1. The van der Waals surface area contributed by atoms with E-state index < -0.39 is 21.9 Å². The zero-order valence-electron chi connectivity index (χ0n) is 9.85. The molecule has 1 unspecified atom stereocenters. The van der Waals surface area contributed by atoms with E-state index in [4.69, 9.17) is 16.3 Å². The second-order valence-electron chi connectivity index (χ2n) is 4.45. The molecule has 0 N–H and O–H groups in total. The highest BCUT2D eigenvalue weighted by atomic mass is 35.5. The Morgan fingerprint density at radius 2 is 2.11 bits per heavy atom. The van der Waals surface area contributed by atoms with Crippen LogP contribution in [0.1, 0.15) is 22.3 Å². The molecular weight excluding hydrogens is 276 g/mol. The standard InChI is InChI=1S/C12H13ClO4S/c1-8-4-9(6-10(13)5-8)12(14)17-11-2-3-18(15,16)7-11/h4-6,11H,2-3,7H2,1H3. The van der Waals surface area contributed by atoms with Gasteiger partial charge in [-0.3, -0.25) is 0 Å². The Hall–Kier alpha value is -1.07. The van der Waals surface area contributed by atoms with Crippen LogP contribution >= 0.6 is 11.6 Å². The fourth-order valence-electron chi connectivity index (χ4n) is 1.93. The SMILES string of the molecule is Cc1cc(Cl)cc(C(=O)OC2CCS(=O)(=O)C2)c1. The monoisotopic (exact) mass is 288 g/mol. The van der Waals surface area contributed by atoms with Gasteiger partial charge in [0, 0.05) is 5.02 Å². The van der Waals surface area contributed by atoms with Crippen molar-refractivity contribution in [1.29, 1.82) is 0 Å². The van der Waals surface area contributed by atoms with Crippen LogP contribution in [-0.2, 0) is 14.6 Å². The molecule has 0 radical (unpaired) electrons. The van der Waals surface area contributed by atoms with Crippen LogP contribution in [0.3, 0.4) is 0 Å². The maximum Gasteiger partial charge on any atom is 0.338 e. The first kappa shape index (κ1) is 13.4. The van der Waals surface area contributed by atoms with Gasteiger partial charge in [-0.1, -0.05) is 11.6 Å². The third kappa shape index (κ3) is 3.23. The van der Waals surface area contributed by atoms with Gasteiger partial charge in [0.15, 0.2) is 9.84 Å². The first-order valence-electron chi connectivity index (χ1n) is 5.54. The molecule has 0 saturated carbocycles. The van der Waals surface area contributed by atoms with E-state index in [1.165, 1.54) is 6.07 Å². The average molecular weight is 289 g/mol. The highest BCUT2D eigenvalue weighted by Gasteiger charge is 2.30. The van der Waals surface area contributed by atoms with E-state index in [1.54, 1.807) is 12.1 Å². The number of sulfone groups is 1. The molecule has 1 aromatic carbocycles. The summed E-state index contributed by atoms with van der Waals surface area (Å²) in [5, 5.41) is 0.459. The molecule has 1 aliphatic rings. The molecule has 0 aliphatic carbocycles. The molecule has 6 heteroatoms. The maximum atomic E-state index is 11.8. The van der Waals surface area contributed by atoms with E-state index in [-0.39, 0.29) is 11.5 Å². The zero-order valence-corrected chi connectivity index (χ0v) is 11.4. The second kappa shape index (κ2) is 4.90. The Morgan fingerprint density at radius 1 is 1.39 bits per heavy atom. The van der Waals surface area contributed by atoms with Gasteiger partial charge in [0.05, 0.1) is 17.1 Å². The van der Waals surface area contributed by atoms with Crippen molar-refractivity contribution < 1.29 is 17.9 Å². The van der Waals surface area contributed by atoms with Crippen molar-refractivity contribution in [3.63, 3.8) is 0 Å². The van der Waals surface area contributed by atoms with Crippen LogP contribution in [0.5, 0.6) is 0 Å². The van der Waals surface area contributed by atoms with Gasteiger partial charge < -0.3 is 4.74 Å². The lowest BCUT2D eigenvalue weighted by Gasteiger charge is -2.10. The molecule has 1 heterocycles. The topological polar surface area (TPSA) is 60.4 Å². The lowest BCUT2D eigenvalue weighted by atomic mass is 10.1. The molecule has 0 amide bonds. The van der Waals surface area contributed by atoms with Gasteiger partial charge in [-0.2, -0.15) is 0 Å². The molecule has 4 nitrogen and oxygen atoms in total. The molecule has 1 atom stereocenters. The summed E-state index contributed by atoms with van der Waals surface area (Å²) in [4.78, 5) is 11.8. The summed E-state index contributed by atoms with van der Waals surface area (Å²) in [5.41, 5.74) is 1.21. The van der Waals surface area contributed by atoms with Crippen molar-refractivity contribution in [3.8, 4) is 0 Å². The number of hydrogen-bond donors (Lipinski definition) is 0. The summed E-state index contributed by atoms with van der Waals surface area (Å²) in [7, 11) is -3.04. The minimum atomic E-state index is -3.04. The van der Waals surface area contributed by atoms with Gasteiger partial charge in [-0.05, 0) is 37.1 Å². The van der Waals surface area contributed by atoms with Crippen molar-refractivity contribution in [2.24, 2.45) is 0 Å². The van der Waals surface area contributed by atoms with E-state index >= 15 is 0 Å². The molecular formula is C12H13ClO4S. The average Bonchev–Trinajstić information content (AvgIpc) is 2.56. The Kier molecular flexibility index (Phi) is 3.64. The fourth-order valence-corrected chi connectivity index (χ4v) is 3.81. The number of rotatable bonds is 2. The third-order valence-electron chi connectivity index (χ3n) is 2.74. The number of benzene rings is 1. The Labute approximate surface area is 111 Å². The molecule has 0 aromatic heterocycles. The first-order valence-corrected chi connectivity index (χ1v) is 7.74. The quantitative estimate of drug-likeness (QED) is 0.781. The second-order valence-corrected chi connectivity index (χ2v) is 7.11. The zero-order chi connectivity index (χ0) is 13.3. The largest absolute Gasteiger partial charge is 0.458 e. The number of ether oxygens (including phenoxy) is 1. The van der Waals surface area contributed by atoms with Gasteiger partial charge in [-0.25, -0.2) is 13.2 Å². The number of halogens is 1. The number of carbonyl (C=O) groups is 1. The molecule has 18 heavy (non-hydrogen) atoms. The summed E-state index contributed by atoms with van der Waals surface area (Å²) >= 11 is 5.85. The Bertz CT molecular complexity index is 559. The highest BCUT2D eigenvalue weighted by Crippen LogP contribution is 2.19. The van der Waals surface area contributed by atoms with E-state index in [2.05, 4.69) is 0 Å². The molecule has 2 rings (SSSR count). The molecule has 1 fully saturated rings. The summed E-state index contributed by atoms with van der Waals surface area (Å²) < 4.78 is 27.7. The van der Waals surface area contributed by atoms with Gasteiger partial charge in [0.1, 0.15) is 6.10 Å². The van der Waals surface area contributed by atoms with Gasteiger partial charge in [0.2, 0.25) is 0 Å². The summed E-state index contributed by atoms with van der Waals surface area (Å²) in [5.74, 6) is -0.527. The minimum absolute atomic E-state index is 0.0829. The molecule has 98 valence electrons. The highest BCUT2D eigenvalue weighted by molar-refractivity contribution is 7.91. The summed E-state index contributed by atoms with van der Waals surface area (Å²) in [6.45, 7) is 1.82. The summed E-state index contributed by atoms with van der Waals surface area (Å²) in [6.07, 6.45) is -0.171. The van der Waals surface area contributed by atoms with Crippen LogP contribution < -0.4 is 0 Å². The third-order valence-corrected chi connectivity index (χ3v) is 4.70. The summed E-state index contributed by atoms with van der Waals surface area (Å²) in [6, 6.07) is 4.91. The Morgan fingerprint density at radius 3 is 2.67 bits per heavy atom. The number of esters is 1. The van der Waals surface area contributed by atoms with Crippen LogP contribution in [0, 0.1) is 6.92 Å². The lowest BCUT2D eigenvalue weighted by molar-refractivity contribution is 0.0356. The Balaban J connectivity index is 2.08. The first-order chi connectivity index (χ1) is 8.35. The number of carbonyl (C=O) groups excluding carboxylic acids is 1. The maximum absolute atomic E-state index is 11.8. The molecule has 0 bridgehead atoms. The van der Waals surface area contributed by atoms with Gasteiger partial charge in [0.25, 0.3) is 0 Å². The van der Waals surface area contributed by atoms with Crippen molar-refractivity contribution in [2.45, 2.75) is 19.4 Å². The van der Waals surface area contributed by atoms with Crippen LogP contribution in [0.2, 0.25) is 5.02 Å². The van der Waals surface area contributed by atoms with Crippen molar-refractivity contribution >= 4 is 27.4 Å². The lowest BCUT2D eigenvalue weighted by Crippen LogP contribution is -2.19. The van der Waals surface area contributed by atoms with E-state index in [0.717, 1.165) is 5.56 Å². The van der Waals surface area contributed by atoms with Crippen molar-refractivity contribution in [2.75, 3.05) is 11.5 Å². The van der Waals surface area contributed by atoms with E-state index in [1.807, 2.05) is 6.92 Å². The predicted molar refractivity (Wildman–Crippen MR) is 68.7 cm³/mol. The fraction of sp³-hybridized carbons (Fsp3) is 0.417. The molecule has 1 aromatic rings. The smallest absolute Gasteiger partial charge is 0.338 e.